The minimum Gasteiger partial charge on any atom is -0.206 e. The molecule has 0 unspecified atom stereocenters. The molecule has 0 nitrogen and oxygen atoms in total. The van der Waals surface area contributed by atoms with Crippen molar-refractivity contribution in [1.82, 2.24) is 0 Å². The molecule has 0 N–H and O–H groups in total. The van der Waals surface area contributed by atoms with Crippen LogP contribution in [0.2, 0.25) is 5.02 Å². The first-order chi connectivity index (χ1) is 12.5. The SMILES string of the molecule is C[C@H](Cc1cc(F)c(C=Cc2ccc(Cl)cc2)c(F)c1)c1ccccc1. The Bertz CT molecular complexity index is 876. The lowest BCUT2D eigenvalue weighted by atomic mass is 9.93. The van der Waals surface area contributed by atoms with Crippen molar-refractivity contribution in [3.63, 3.8) is 0 Å². The van der Waals surface area contributed by atoms with Crippen molar-refractivity contribution in [2.75, 3.05) is 0 Å². The van der Waals surface area contributed by atoms with Crippen molar-refractivity contribution >= 4 is 23.8 Å². The van der Waals surface area contributed by atoms with Gasteiger partial charge in [-0.15, -0.1) is 0 Å². The molecule has 0 aromatic heterocycles. The zero-order chi connectivity index (χ0) is 18.5. The van der Waals surface area contributed by atoms with Crippen LogP contribution in [0.4, 0.5) is 8.78 Å². The molecule has 0 aliphatic heterocycles. The van der Waals surface area contributed by atoms with Crippen molar-refractivity contribution in [3.8, 4) is 0 Å². The van der Waals surface area contributed by atoms with Crippen LogP contribution in [0.5, 0.6) is 0 Å². The average Bonchev–Trinajstić information content (AvgIpc) is 2.63. The van der Waals surface area contributed by atoms with Crippen molar-refractivity contribution in [2.24, 2.45) is 0 Å². The zero-order valence-corrected chi connectivity index (χ0v) is 15.2. The topological polar surface area (TPSA) is 0 Å². The smallest absolute Gasteiger partial charge is 0.133 e. The predicted octanol–water partition coefficient (Wildman–Crippen LogP) is 7.13. The number of rotatable bonds is 5. The second kappa shape index (κ2) is 8.29. The molecule has 0 bridgehead atoms. The number of benzene rings is 3. The molecule has 0 saturated heterocycles. The quantitative estimate of drug-likeness (QED) is 0.420. The molecule has 3 heteroatoms. The normalized spacial score (nSPS) is 12.5. The first kappa shape index (κ1) is 18.3. The van der Waals surface area contributed by atoms with E-state index in [1.807, 2.05) is 30.3 Å². The van der Waals surface area contributed by atoms with E-state index in [0.717, 1.165) is 11.1 Å². The Morgan fingerprint density at radius 1 is 0.885 bits per heavy atom. The van der Waals surface area contributed by atoms with Crippen LogP contribution in [0.15, 0.2) is 66.7 Å². The lowest BCUT2D eigenvalue weighted by Gasteiger charge is -2.13. The lowest BCUT2D eigenvalue weighted by molar-refractivity contribution is 0.573. The van der Waals surface area contributed by atoms with E-state index in [2.05, 4.69) is 6.92 Å². The van der Waals surface area contributed by atoms with Gasteiger partial charge in [0.2, 0.25) is 0 Å². The second-order valence-electron chi connectivity index (χ2n) is 6.37. The Kier molecular flexibility index (Phi) is 5.85. The average molecular weight is 369 g/mol. The monoisotopic (exact) mass is 368 g/mol. The number of halogens is 3. The molecule has 132 valence electrons. The lowest BCUT2D eigenvalue weighted by Crippen LogP contribution is -2.01. The van der Waals surface area contributed by atoms with Crippen LogP contribution < -0.4 is 0 Å². The highest BCUT2D eigenvalue weighted by Gasteiger charge is 2.12. The van der Waals surface area contributed by atoms with Crippen molar-refractivity contribution in [3.05, 3.63) is 106 Å². The fourth-order valence-corrected chi connectivity index (χ4v) is 3.05. The Labute approximate surface area is 157 Å². The first-order valence-electron chi connectivity index (χ1n) is 8.49. The van der Waals surface area contributed by atoms with E-state index in [4.69, 9.17) is 11.6 Å². The molecule has 0 radical (unpaired) electrons. The summed E-state index contributed by atoms with van der Waals surface area (Å²) in [5.74, 6) is -0.915. The van der Waals surface area contributed by atoms with Gasteiger partial charge < -0.3 is 0 Å². The molecule has 3 aromatic rings. The van der Waals surface area contributed by atoms with Crippen molar-refractivity contribution < 1.29 is 8.78 Å². The standard InChI is InChI=1S/C23H19ClF2/c1-16(19-5-3-2-4-6-19)13-18-14-22(25)21(23(26)15-18)12-9-17-7-10-20(24)11-8-17/h2-12,14-16H,13H2,1H3/t16-/m1/s1. The highest BCUT2D eigenvalue weighted by molar-refractivity contribution is 6.30. The molecular weight excluding hydrogens is 350 g/mol. The predicted molar refractivity (Wildman–Crippen MR) is 105 cm³/mol. The van der Waals surface area contributed by atoms with Crippen LogP contribution in [0, 0.1) is 11.6 Å². The summed E-state index contributed by atoms with van der Waals surface area (Å²) < 4.78 is 28.8. The van der Waals surface area contributed by atoms with Gasteiger partial charge in [-0.05, 0) is 59.4 Å². The van der Waals surface area contributed by atoms with Gasteiger partial charge in [-0.3, -0.25) is 0 Å². The zero-order valence-electron chi connectivity index (χ0n) is 14.4. The Balaban J connectivity index is 1.78. The third-order valence-electron chi connectivity index (χ3n) is 4.36. The molecule has 3 rings (SSSR count). The fraction of sp³-hybridized carbons (Fsp3) is 0.130. The molecule has 0 aliphatic carbocycles. The van der Waals surface area contributed by atoms with Crippen molar-refractivity contribution in [2.45, 2.75) is 19.3 Å². The minimum absolute atomic E-state index is 0.0314. The Morgan fingerprint density at radius 3 is 2.12 bits per heavy atom. The first-order valence-corrected chi connectivity index (χ1v) is 8.87. The maximum absolute atomic E-state index is 14.4. The van der Waals surface area contributed by atoms with Crippen LogP contribution in [0.1, 0.15) is 35.1 Å². The van der Waals surface area contributed by atoms with Crippen LogP contribution in [0.25, 0.3) is 12.2 Å². The number of hydrogen-bond donors (Lipinski definition) is 0. The van der Waals surface area contributed by atoms with E-state index in [9.17, 15) is 8.78 Å². The molecule has 0 aliphatic rings. The van der Waals surface area contributed by atoms with Gasteiger partial charge in [0.1, 0.15) is 11.6 Å². The van der Waals surface area contributed by atoms with Gasteiger partial charge in [0.25, 0.3) is 0 Å². The van der Waals surface area contributed by atoms with E-state index in [0.29, 0.717) is 17.0 Å². The van der Waals surface area contributed by atoms with E-state index in [1.165, 1.54) is 18.2 Å². The van der Waals surface area contributed by atoms with Crippen LogP contribution in [0.3, 0.4) is 0 Å². The summed E-state index contributed by atoms with van der Waals surface area (Å²) in [5, 5.41) is 0.622. The van der Waals surface area contributed by atoms with Gasteiger partial charge in [-0.1, -0.05) is 67.1 Å². The molecule has 0 fully saturated rings. The summed E-state index contributed by atoms with van der Waals surface area (Å²) in [6.45, 7) is 2.06. The van der Waals surface area contributed by atoms with Gasteiger partial charge >= 0.3 is 0 Å². The third-order valence-corrected chi connectivity index (χ3v) is 4.61. The third kappa shape index (κ3) is 4.59. The molecule has 0 heterocycles. The summed E-state index contributed by atoms with van der Waals surface area (Å²) in [5.41, 5.74) is 2.60. The molecule has 0 spiro atoms. The van der Waals surface area contributed by atoms with Gasteiger partial charge in [0.15, 0.2) is 0 Å². The van der Waals surface area contributed by atoms with Crippen LogP contribution >= 0.6 is 11.6 Å². The fourth-order valence-electron chi connectivity index (χ4n) is 2.92. The summed E-state index contributed by atoms with van der Waals surface area (Å²) in [7, 11) is 0. The maximum Gasteiger partial charge on any atom is 0.133 e. The Hall–Kier alpha value is -2.45. The van der Waals surface area contributed by atoms with Crippen LogP contribution in [-0.2, 0) is 6.42 Å². The van der Waals surface area contributed by atoms with E-state index in [1.54, 1.807) is 30.3 Å². The van der Waals surface area contributed by atoms with Gasteiger partial charge in [-0.25, -0.2) is 8.78 Å². The largest absolute Gasteiger partial charge is 0.206 e. The highest BCUT2D eigenvalue weighted by atomic mass is 35.5. The molecule has 0 amide bonds. The van der Waals surface area contributed by atoms with Crippen molar-refractivity contribution in [1.29, 1.82) is 0 Å². The Morgan fingerprint density at radius 2 is 1.50 bits per heavy atom. The van der Waals surface area contributed by atoms with E-state index < -0.39 is 11.6 Å². The molecule has 1 atom stereocenters. The van der Waals surface area contributed by atoms with Gasteiger partial charge in [0, 0.05) is 10.6 Å². The maximum atomic E-state index is 14.4. The van der Waals surface area contributed by atoms with E-state index >= 15 is 0 Å². The molecular formula is C23H19ClF2. The van der Waals surface area contributed by atoms with E-state index in [-0.39, 0.29) is 11.5 Å². The van der Waals surface area contributed by atoms with Crippen LogP contribution in [-0.4, -0.2) is 0 Å². The molecule has 26 heavy (non-hydrogen) atoms. The summed E-state index contributed by atoms with van der Waals surface area (Å²) >= 11 is 5.84. The van der Waals surface area contributed by atoms with Gasteiger partial charge in [-0.2, -0.15) is 0 Å². The second-order valence-corrected chi connectivity index (χ2v) is 6.81. The summed E-state index contributed by atoms with van der Waals surface area (Å²) in [4.78, 5) is 0. The molecule has 0 saturated carbocycles. The highest BCUT2D eigenvalue weighted by Crippen LogP contribution is 2.24. The molecule has 3 aromatic carbocycles. The summed E-state index contributed by atoms with van der Waals surface area (Å²) in [6.07, 6.45) is 3.71. The minimum atomic E-state index is -0.550. The number of hydrogen-bond acceptors (Lipinski definition) is 0. The summed E-state index contributed by atoms with van der Waals surface area (Å²) in [6, 6.07) is 19.9. The van der Waals surface area contributed by atoms with Gasteiger partial charge in [0.05, 0.1) is 0 Å².